The molecule has 12 heavy (non-hydrogen) atoms. The van der Waals surface area contributed by atoms with Gasteiger partial charge in [-0.3, -0.25) is 9.59 Å². The summed E-state index contributed by atoms with van der Waals surface area (Å²) in [6.45, 7) is 1.89. The maximum Gasteiger partial charge on any atom is 0.303 e. The van der Waals surface area contributed by atoms with Gasteiger partial charge < -0.3 is 10.4 Å². The van der Waals surface area contributed by atoms with E-state index >= 15 is 0 Å². The van der Waals surface area contributed by atoms with Crippen LogP contribution in [0.2, 0.25) is 0 Å². The molecule has 1 atom stereocenters. The zero-order valence-electron chi connectivity index (χ0n) is 7.09. The zero-order valence-corrected chi connectivity index (χ0v) is 7.09. The first-order valence-electron chi connectivity index (χ1n) is 4.05. The monoisotopic (exact) mass is 171 g/mol. The summed E-state index contributed by atoms with van der Waals surface area (Å²) in [7, 11) is 0. The van der Waals surface area contributed by atoms with Gasteiger partial charge >= 0.3 is 5.97 Å². The summed E-state index contributed by atoms with van der Waals surface area (Å²) < 4.78 is 0. The van der Waals surface area contributed by atoms with E-state index in [1.165, 1.54) is 0 Å². The first kappa shape index (κ1) is 9.03. The molecule has 0 unspecified atom stereocenters. The summed E-state index contributed by atoms with van der Waals surface area (Å²) in [5.74, 6) is -0.778. The predicted molar refractivity (Wildman–Crippen MR) is 42.7 cm³/mol. The van der Waals surface area contributed by atoms with Gasteiger partial charge in [-0.1, -0.05) is 0 Å². The molecule has 0 radical (unpaired) electrons. The summed E-state index contributed by atoms with van der Waals surface area (Å²) in [4.78, 5) is 21.1. The van der Waals surface area contributed by atoms with Crippen LogP contribution in [0.3, 0.4) is 0 Å². The van der Waals surface area contributed by atoms with Crippen molar-refractivity contribution >= 4 is 11.9 Å². The molecule has 0 saturated carbocycles. The Morgan fingerprint density at radius 1 is 1.75 bits per heavy atom. The first-order valence-corrected chi connectivity index (χ1v) is 4.05. The molecule has 1 fully saturated rings. The summed E-state index contributed by atoms with van der Waals surface area (Å²) in [6, 6.07) is 0. The van der Waals surface area contributed by atoms with Crippen molar-refractivity contribution in [2.24, 2.45) is 0 Å². The van der Waals surface area contributed by atoms with Gasteiger partial charge in [-0.15, -0.1) is 0 Å². The molecule has 2 N–H and O–H groups in total. The van der Waals surface area contributed by atoms with Crippen LogP contribution in [-0.2, 0) is 9.59 Å². The van der Waals surface area contributed by atoms with Crippen molar-refractivity contribution in [1.82, 2.24) is 5.32 Å². The number of carboxylic acids is 1. The summed E-state index contributed by atoms with van der Waals surface area (Å²) >= 11 is 0. The summed E-state index contributed by atoms with van der Waals surface area (Å²) in [6.07, 6.45) is 1.92. The van der Waals surface area contributed by atoms with Crippen LogP contribution in [-0.4, -0.2) is 22.5 Å². The number of aliphatic carboxylic acids is 1. The third-order valence-corrected chi connectivity index (χ3v) is 2.24. The molecule has 0 aromatic carbocycles. The van der Waals surface area contributed by atoms with Gasteiger partial charge in [0.25, 0.3) is 0 Å². The van der Waals surface area contributed by atoms with E-state index < -0.39 is 5.97 Å². The minimum absolute atomic E-state index is 0.0305. The van der Waals surface area contributed by atoms with Gasteiger partial charge in [0.15, 0.2) is 0 Å². The summed E-state index contributed by atoms with van der Waals surface area (Å²) in [5.41, 5.74) is -0.282. The highest BCUT2D eigenvalue weighted by atomic mass is 16.4. The molecule has 68 valence electrons. The molecule has 0 spiro atoms. The molecule has 1 rings (SSSR count). The molecular weight excluding hydrogens is 158 g/mol. The number of carbonyl (C=O) groups is 2. The Balaban J connectivity index is 2.40. The molecule has 0 aromatic heterocycles. The lowest BCUT2D eigenvalue weighted by Gasteiger charge is -2.22. The van der Waals surface area contributed by atoms with Crippen molar-refractivity contribution in [3.63, 3.8) is 0 Å². The van der Waals surface area contributed by atoms with Crippen molar-refractivity contribution in [3.05, 3.63) is 0 Å². The molecule has 1 aliphatic heterocycles. The number of carbonyl (C=O) groups excluding carboxylic acids is 1. The van der Waals surface area contributed by atoms with E-state index in [1.54, 1.807) is 0 Å². The molecule has 1 aliphatic rings. The predicted octanol–water partition coefficient (Wildman–Crippen LogP) is 0.520. The second-order valence-electron chi connectivity index (χ2n) is 3.50. The minimum atomic E-state index is -0.808. The molecule has 1 amide bonds. The van der Waals surface area contributed by atoms with Gasteiger partial charge in [0.2, 0.25) is 5.91 Å². The Labute approximate surface area is 71.0 Å². The maximum absolute atomic E-state index is 10.8. The van der Waals surface area contributed by atoms with Gasteiger partial charge in [0, 0.05) is 18.4 Å². The number of rotatable bonds is 3. The lowest BCUT2D eigenvalue weighted by atomic mass is 9.94. The number of amides is 1. The van der Waals surface area contributed by atoms with E-state index in [0.29, 0.717) is 12.8 Å². The van der Waals surface area contributed by atoms with E-state index in [9.17, 15) is 9.59 Å². The fourth-order valence-corrected chi connectivity index (χ4v) is 1.42. The third-order valence-electron chi connectivity index (χ3n) is 2.24. The number of carboxylic acid groups (broad SMARTS) is 1. The zero-order chi connectivity index (χ0) is 9.19. The molecular formula is C8H13NO3. The van der Waals surface area contributed by atoms with Gasteiger partial charge in [-0.2, -0.15) is 0 Å². The Morgan fingerprint density at radius 3 is 2.83 bits per heavy atom. The van der Waals surface area contributed by atoms with Crippen LogP contribution in [0.25, 0.3) is 0 Å². The normalized spacial score (nSPS) is 28.6. The van der Waals surface area contributed by atoms with Crippen LogP contribution in [0.15, 0.2) is 0 Å². The molecule has 4 nitrogen and oxygen atoms in total. The van der Waals surface area contributed by atoms with Crippen molar-refractivity contribution in [3.8, 4) is 0 Å². The fourth-order valence-electron chi connectivity index (χ4n) is 1.42. The maximum atomic E-state index is 10.8. The van der Waals surface area contributed by atoms with Gasteiger partial charge in [-0.05, 0) is 19.8 Å². The SMILES string of the molecule is C[C@]1(CCC(=O)O)CCC(=O)N1. The topological polar surface area (TPSA) is 66.4 Å². The molecule has 0 aliphatic carbocycles. The highest BCUT2D eigenvalue weighted by Gasteiger charge is 2.32. The fraction of sp³-hybridized carbons (Fsp3) is 0.750. The third kappa shape index (κ3) is 2.22. The summed E-state index contributed by atoms with van der Waals surface area (Å²) in [5, 5.41) is 11.2. The van der Waals surface area contributed by atoms with E-state index in [4.69, 9.17) is 5.11 Å². The lowest BCUT2D eigenvalue weighted by molar-refractivity contribution is -0.137. The van der Waals surface area contributed by atoms with Crippen LogP contribution >= 0.6 is 0 Å². The molecule has 1 heterocycles. The first-order chi connectivity index (χ1) is 5.52. The van der Waals surface area contributed by atoms with Gasteiger partial charge in [0.05, 0.1) is 0 Å². The molecule has 1 saturated heterocycles. The van der Waals surface area contributed by atoms with Gasteiger partial charge in [-0.25, -0.2) is 0 Å². The Morgan fingerprint density at radius 2 is 2.42 bits per heavy atom. The Bertz CT molecular complexity index is 214. The average molecular weight is 171 g/mol. The van der Waals surface area contributed by atoms with Crippen LogP contribution in [0, 0.1) is 0 Å². The lowest BCUT2D eigenvalue weighted by Crippen LogP contribution is -2.38. The quantitative estimate of drug-likeness (QED) is 0.650. The van der Waals surface area contributed by atoms with Crippen molar-refractivity contribution < 1.29 is 14.7 Å². The van der Waals surface area contributed by atoms with Crippen LogP contribution in [0.4, 0.5) is 0 Å². The van der Waals surface area contributed by atoms with Crippen LogP contribution in [0.1, 0.15) is 32.6 Å². The van der Waals surface area contributed by atoms with Gasteiger partial charge in [0.1, 0.15) is 0 Å². The largest absolute Gasteiger partial charge is 0.481 e. The van der Waals surface area contributed by atoms with E-state index in [0.717, 1.165) is 6.42 Å². The van der Waals surface area contributed by atoms with Crippen LogP contribution < -0.4 is 5.32 Å². The van der Waals surface area contributed by atoms with E-state index in [1.807, 2.05) is 6.92 Å². The minimum Gasteiger partial charge on any atom is -0.481 e. The molecule has 4 heteroatoms. The number of nitrogens with one attached hydrogen (secondary N) is 1. The Kier molecular flexibility index (Phi) is 2.35. The number of hydrogen-bond donors (Lipinski definition) is 2. The van der Waals surface area contributed by atoms with E-state index in [2.05, 4.69) is 5.32 Å². The standard InChI is InChI=1S/C8H13NO3/c1-8(5-3-7(11)12)4-2-6(10)9-8/h2-5H2,1H3,(H,9,10)(H,11,12)/t8-/m1/s1. The smallest absolute Gasteiger partial charge is 0.303 e. The molecule has 0 aromatic rings. The van der Waals surface area contributed by atoms with Crippen LogP contribution in [0.5, 0.6) is 0 Å². The highest BCUT2D eigenvalue weighted by Crippen LogP contribution is 2.24. The highest BCUT2D eigenvalue weighted by molar-refractivity contribution is 5.79. The van der Waals surface area contributed by atoms with Crippen molar-refractivity contribution in [1.29, 1.82) is 0 Å². The average Bonchev–Trinajstić information content (AvgIpc) is 2.29. The number of hydrogen-bond acceptors (Lipinski definition) is 2. The second-order valence-corrected chi connectivity index (χ2v) is 3.50. The van der Waals surface area contributed by atoms with Crippen molar-refractivity contribution in [2.45, 2.75) is 38.1 Å². The second kappa shape index (κ2) is 3.13. The molecule has 0 bridgehead atoms. The Hall–Kier alpha value is -1.06. The van der Waals surface area contributed by atoms with Crippen molar-refractivity contribution in [2.75, 3.05) is 0 Å². The van der Waals surface area contributed by atoms with E-state index in [-0.39, 0.29) is 17.9 Å².